The summed E-state index contributed by atoms with van der Waals surface area (Å²) in [7, 11) is 0. The first kappa shape index (κ1) is 19.2. The monoisotopic (exact) mass is 294 g/mol. The van der Waals surface area contributed by atoms with E-state index in [1.54, 1.807) is 12.2 Å². The van der Waals surface area contributed by atoms with E-state index in [1.807, 2.05) is 6.92 Å². The van der Waals surface area contributed by atoms with E-state index in [-0.39, 0.29) is 5.12 Å². The molecule has 0 aromatic carbocycles. The Balaban J connectivity index is 3.94. The lowest BCUT2D eigenvalue weighted by molar-refractivity contribution is -0.107. The van der Waals surface area contributed by atoms with Gasteiger partial charge in [-0.1, -0.05) is 70.0 Å². The molecule has 0 aliphatic carbocycles. The summed E-state index contributed by atoms with van der Waals surface area (Å²) in [6.45, 7) is 12.4. The Bertz CT molecular complexity index is 339. The van der Waals surface area contributed by atoms with Gasteiger partial charge in [0.1, 0.15) is 0 Å². The lowest BCUT2D eigenvalue weighted by Crippen LogP contribution is -1.95. The van der Waals surface area contributed by atoms with Crippen molar-refractivity contribution in [3.8, 4) is 0 Å². The van der Waals surface area contributed by atoms with Gasteiger partial charge < -0.3 is 0 Å². The van der Waals surface area contributed by atoms with Crippen LogP contribution in [0.1, 0.15) is 53.4 Å². The van der Waals surface area contributed by atoms with Crippen LogP contribution < -0.4 is 0 Å². The molecule has 0 bridgehead atoms. The first-order chi connectivity index (χ1) is 9.45. The van der Waals surface area contributed by atoms with E-state index >= 15 is 0 Å². The molecule has 0 aromatic rings. The summed E-state index contributed by atoms with van der Waals surface area (Å²) in [5.74, 6) is 2.21. The number of carbonyl (C=O) groups excluding carboxylic acids is 1. The standard InChI is InChI=1S/C18H30OS/c1-6-13-20-18(19)14-17(5)12-8-11-16(4)10-7-9-15(2)3/h6,8,12,14-16H,1,7,9-11,13H2,2-5H3/b12-8+,17-14+. The highest BCUT2D eigenvalue weighted by atomic mass is 32.2. The maximum absolute atomic E-state index is 11.5. The van der Waals surface area contributed by atoms with Crippen LogP contribution in [-0.2, 0) is 4.79 Å². The van der Waals surface area contributed by atoms with Gasteiger partial charge in [-0.3, -0.25) is 4.79 Å². The van der Waals surface area contributed by atoms with Crippen molar-refractivity contribution in [1.82, 2.24) is 0 Å². The van der Waals surface area contributed by atoms with Crippen molar-refractivity contribution in [2.24, 2.45) is 11.8 Å². The Labute approximate surface area is 129 Å². The Kier molecular flexibility index (Phi) is 11.6. The number of hydrogen-bond acceptors (Lipinski definition) is 2. The molecule has 0 amide bonds. The van der Waals surface area contributed by atoms with Crippen LogP contribution in [0.3, 0.4) is 0 Å². The van der Waals surface area contributed by atoms with Crippen LogP contribution in [-0.4, -0.2) is 10.9 Å². The van der Waals surface area contributed by atoms with Gasteiger partial charge >= 0.3 is 0 Å². The van der Waals surface area contributed by atoms with Crippen molar-refractivity contribution >= 4 is 16.9 Å². The molecule has 0 saturated carbocycles. The van der Waals surface area contributed by atoms with Crippen molar-refractivity contribution in [3.05, 3.63) is 36.5 Å². The molecule has 1 atom stereocenters. The van der Waals surface area contributed by atoms with Gasteiger partial charge in [0.25, 0.3) is 0 Å². The van der Waals surface area contributed by atoms with E-state index in [0.717, 1.165) is 23.8 Å². The van der Waals surface area contributed by atoms with Crippen LogP contribution in [0, 0.1) is 11.8 Å². The number of carbonyl (C=O) groups is 1. The maximum Gasteiger partial charge on any atom is 0.212 e. The second-order valence-corrected chi connectivity index (χ2v) is 6.90. The highest BCUT2D eigenvalue weighted by molar-refractivity contribution is 8.14. The summed E-state index contributed by atoms with van der Waals surface area (Å²) in [6.07, 6.45) is 12.7. The quantitative estimate of drug-likeness (QED) is 0.288. The average molecular weight is 295 g/mol. The Morgan fingerprint density at radius 3 is 2.55 bits per heavy atom. The number of thioether (sulfide) groups is 1. The van der Waals surface area contributed by atoms with Crippen molar-refractivity contribution in [3.63, 3.8) is 0 Å². The summed E-state index contributed by atoms with van der Waals surface area (Å²) in [6, 6.07) is 0. The van der Waals surface area contributed by atoms with Gasteiger partial charge in [-0.25, -0.2) is 0 Å². The van der Waals surface area contributed by atoms with Gasteiger partial charge in [-0.15, -0.1) is 6.58 Å². The number of hydrogen-bond donors (Lipinski definition) is 0. The maximum atomic E-state index is 11.5. The molecule has 114 valence electrons. The summed E-state index contributed by atoms with van der Waals surface area (Å²) in [5.41, 5.74) is 1.03. The average Bonchev–Trinajstić information content (AvgIpc) is 2.35. The van der Waals surface area contributed by atoms with Gasteiger partial charge in [0.15, 0.2) is 0 Å². The van der Waals surface area contributed by atoms with Crippen LogP contribution in [0.4, 0.5) is 0 Å². The van der Waals surface area contributed by atoms with E-state index in [1.165, 1.54) is 31.0 Å². The smallest absolute Gasteiger partial charge is 0.212 e. The minimum absolute atomic E-state index is 0.108. The topological polar surface area (TPSA) is 17.1 Å². The summed E-state index contributed by atoms with van der Waals surface area (Å²) in [5, 5.41) is 0.108. The van der Waals surface area contributed by atoms with Crippen LogP contribution in [0.2, 0.25) is 0 Å². The largest absolute Gasteiger partial charge is 0.282 e. The fourth-order valence-electron chi connectivity index (χ4n) is 1.90. The molecule has 0 spiro atoms. The van der Waals surface area contributed by atoms with Gasteiger partial charge in [0.2, 0.25) is 5.12 Å². The van der Waals surface area contributed by atoms with Crippen LogP contribution in [0.5, 0.6) is 0 Å². The van der Waals surface area contributed by atoms with Gasteiger partial charge in [0.05, 0.1) is 0 Å². The summed E-state index contributed by atoms with van der Waals surface area (Å²) >= 11 is 1.29. The third kappa shape index (κ3) is 12.3. The Morgan fingerprint density at radius 1 is 1.25 bits per heavy atom. The zero-order chi connectivity index (χ0) is 15.4. The minimum Gasteiger partial charge on any atom is -0.282 e. The first-order valence-electron chi connectivity index (χ1n) is 7.58. The third-order valence-electron chi connectivity index (χ3n) is 3.09. The number of allylic oxidation sites excluding steroid dienone is 3. The normalized spacial score (nSPS) is 13.9. The predicted octanol–water partition coefficient (Wildman–Crippen LogP) is 5.79. The van der Waals surface area contributed by atoms with Gasteiger partial charge in [-0.05, 0) is 36.8 Å². The molecular weight excluding hydrogens is 264 g/mol. The van der Waals surface area contributed by atoms with Crippen molar-refractivity contribution in [1.29, 1.82) is 0 Å². The van der Waals surface area contributed by atoms with Crippen LogP contribution >= 0.6 is 11.8 Å². The van der Waals surface area contributed by atoms with Gasteiger partial charge in [0, 0.05) is 5.75 Å². The molecule has 0 rings (SSSR count). The molecule has 0 fully saturated rings. The van der Waals surface area contributed by atoms with E-state index in [9.17, 15) is 4.79 Å². The molecule has 0 saturated heterocycles. The van der Waals surface area contributed by atoms with Gasteiger partial charge in [-0.2, -0.15) is 0 Å². The van der Waals surface area contributed by atoms with Crippen LogP contribution in [0.15, 0.2) is 36.5 Å². The Hall–Kier alpha value is -0.760. The molecular formula is C18H30OS. The van der Waals surface area contributed by atoms with E-state index < -0.39 is 0 Å². The Morgan fingerprint density at radius 2 is 1.95 bits per heavy atom. The zero-order valence-corrected chi connectivity index (χ0v) is 14.3. The molecule has 2 heteroatoms. The third-order valence-corrected chi connectivity index (χ3v) is 3.89. The minimum atomic E-state index is 0.108. The second kappa shape index (κ2) is 12.0. The van der Waals surface area contributed by atoms with Crippen molar-refractivity contribution in [2.45, 2.75) is 53.4 Å². The van der Waals surface area contributed by atoms with E-state index in [0.29, 0.717) is 5.75 Å². The molecule has 0 N–H and O–H groups in total. The van der Waals surface area contributed by atoms with Crippen molar-refractivity contribution in [2.75, 3.05) is 5.75 Å². The van der Waals surface area contributed by atoms with E-state index in [4.69, 9.17) is 0 Å². The molecule has 0 radical (unpaired) electrons. The summed E-state index contributed by atoms with van der Waals surface area (Å²) in [4.78, 5) is 11.5. The first-order valence-corrected chi connectivity index (χ1v) is 8.56. The van der Waals surface area contributed by atoms with E-state index in [2.05, 4.69) is 39.5 Å². The molecule has 1 unspecified atom stereocenters. The SMILES string of the molecule is C=CCSC(=O)/C=C(C)/C=C/CC(C)CCCC(C)C. The lowest BCUT2D eigenvalue weighted by Gasteiger charge is -2.09. The molecule has 0 aliphatic rings. The number of rotatable bonds is 10. The lowest BCUT2D eigenvalue weighted by atomic mass is 9.97. The van der Waals surface area contributed by atoms with Crippen LogP contribution in [0.25, 0.3) is 0 Å². The molecule has 0 heterocycles. The molecule has 20 heavy (non-hydrogen) atoms. The zero-order valence-electron chi connectivity index (χ0n) is 13.5. The molecule has 0 aromatic heterocycles. The fraction of sp³-hybridized carbons (Fsp3) is 0.611. The molecule has 0 aliphatic heterocycles. The fourth-order valence-corrected chi connectivity index (χ4v) is 2.45. The predicted molar refractivity (Wildman–Crippen MR) is 93.0 cm³/mol. The van der Waals surface area contributed by atoms with Crippen molar-refractivity contribution < 1.29 is 4.79 Å². The second-order valence-electron chi connectivity index (χ2n) is 5.88. The molecule has 1 nitrogen and oxygen atoms in total. The highest BCUT2D eigenvalue weighted by Gasteiger charge is 2.01. The summed E-state index contributed by atoms with van der Waals surface area (Å²) < 4.78 is 0. The highest BCUT2D eigenvalue weighted by Crippen LogP contribution is 2.16.